The van der Waals surface area contributed by atoms with Crippen LogP contribution in [0.1, 0.15) is 0 Å². The van der Waals surface area contributed by atoms with Gasteiger partial charge in [0.15, 0.2) is 5.82 Å². The molecule has 0 N–H and O–H groups in total. The molecule has 11 aromatic carbocycles. The van der Waals surface area contributed by atoms with Crippen LogP contribution in [-0.2, 0) is 0 Å². The number of aromatic nitrogens is 3. The van der Waals surface area contributed by atoms with Crippen LogP contribution in [0.5, 0.6) is 0 Å². The van der Waals surface area contributed by atoms with Crippen molar-refractivity contribution < 1.29 is 0 Å². The van der Waals surface area contributed by atoms with Crippen molar-refractivity contribution >= 4 is 64.8 Å². The van der Waals surface area contributed by atoms with Crippen molar-refractivity contribution in [1.82, 2.24) is 15.0 Å². The molecule has 0 aliphatic heterocycles. The smallest absolute Gasteiger partial charge is 0.161 e. The molecule has 0 saturated carbocycles. The number of nitrogens with zero attached hydrogens (tertiary/aromatic N) is 3. The van der Waals surface area contributed by atoms with Crippen molar-refractivity contribution in [2.75, 3.05) is 0 Å². The summed E-state index contributed by atoms with van der Waals surface area (Å²) in [7, 11) is 0. The largest absolute Gasteiger partial charge is 0.247 e. The third-order valence-corrected chi connectivity index (χ3v) is 13.2. The average molecular weight is 838 g/mol. The number of para-hydroxylation sites is 1. The Hall–Kier alpha value is -8.79. The Morgan fingerprint density at radius 3 is 1.45 bits per heavy atom. The summed E-state index contributed by atoms with van der Waals surface area (Å²) in [6.45, 7) is 0. The molecular formula is C63H39N3. The first-order chi connectivity index (χ1) is 32.7. The summed E-state index contributed by atoms with van der Waals surface area (Å²) >= 11 is 0. The Bertz CT molecular complexity index is 3970. The second kappa shape index (κ2) is 15.5. The molecule has 13 rings (SSSR count). The first-order valence-corrected chi connectivity index (χ1v) is 22.5. The first kappa shape index (κ1) is 37.7. The lowest BCUT2D eigenvalue weighted by atomic mass is 9.88. The molecule has 0 aliphatic rings. The minimum atomic E-state index is 0.695. The van der Waals surface area contributed by atoms with Gasteiger partial charge in [0.1, 0.15) is 0 Å². The minimum Gasteiger partial charge on any atom is -0.247 e. The molecule has 0 fully saturated rings. The summed E-state index contributed by atoms with van der Waals surface area (Å²) in [4.78, 5) is 16.5. The van der Waals surface area contributed by atoms with Crippen LogP contribution in [0.3, 0.4) is 0 Å². The quantitative estimate of drug-likeness (QED) is 0.157. The van der Waals surface area contributed by atoms with Gasteiger partial charge in [-0.25, -0.2) is 15.0 Å². The molecule has 0 aliphatic carbocycles. The van der Waals surface area contributed by atoms with E-state index in [2.05, 4.69) is 237 Å². The third-order valence-electron chi connectivity index (χ3n) is 13.2. The molecule has 3 nitrogen and oxygen atoms in total. The van der Waals surface area contributed by atoms with Gasteiger partial charge in [-0.1, -0.05) is 212 Å². The number of pyridine rings is 1. The first-order valence-electron chi connectivity index (χ1n) is 22.5. The van der Waals surface area contributed by atoms with Crippen LogP contribution in [0.2, 0.25) is 0 Å². The van der Waals surface area contributed by atoms with Crippen molar-refractivity contribution in [3.05, 3.63) is 237 Å². The van der Waals surface area contributed by atoms with Crippen LogP contribution in [0.25, 0.3) is 132 Å². The van der Waals surface area contributed by atoms with Gasteiger partial charge in [0.2, 0.25) is 0 Å². The highest BCUT2D eigenvalue weighted by molar-refractivity contribution is 6.25. The highest BCUT2D eigenvalue weighted by Gasteiger charge is 2.23. The van der Waals surface area contributed by atoms with E-state index in [-0.39, 0.29) is 0 Å². The Morgan fingerprint density at radius 2 is 0.758 bits per heavy atom. The van der Waals surface area contributed by atoms with Gasteiger partial charge in [0, 0.05) is 44.0 Å². The number of benzene rings is 11. The van der Waals surface area contributed by atoms with E-state index >= 15 is 0 Å². The fourth-order valence-electron chi connectivity index (χ4n) is 10.1. The summed E-state index contributed by atoms with van der Waals surface area (Å²) < 4.78 is 0. The monoisotopic (exact) mass is 837 g/mol. The van der Waals surface area contributed by atoms with Crippen molar-refractivity contribution in [3.8, 4) is 67.4 Å². The SMILES string of the molecule is c1ccc(-c2nc(-c3cc4ccccc4c4ccccc34)nc(-c3ccccc3)c2-c2ccc(-c3cc4c(-c5ccc6ccccc6c5)nc5ccccc5c4c4ccccc34)cc2)cc1. The van der Waals surface area contributed by atoms with Gasteiger partial charge in [-0.3, -0.25) is 0 Å². The van der Waals surface area contributed by atoms with Crippen LogP contribution in [0.4, 0.5) is 0 Å². The zero-order chi connectivity index (χ0) is 43.6. The Morgan fingerprint density at radius 1 is 0.242 bits per heavy atom. The van der Waals surface area contributed by atoms with Crippen molar-refractivity contribution in [2.45, 2.75) is 0 Å². The highest BCUT2D eigenvalue weighted by Crippen LogP contribution is 2.45. The zero-order valence-electron chi connectivity index (χ0n) is 35.9. The number of rotatable bonds is 6. The predicted octanol–water partition coefficient (Wildman–Crippen LogP) is 16.8. The fraction of sp³-hybridized carbons (Fsp3) is 0. The minimum absolute atomic E-state index is 0.695. The van der Waals surface area contributed by atoms with Crippen LogP contribution in [0.15, 0.2) is 237 Å². The molecule has 66 heavy (non-hydrogen) atoms. The third kappa shape index (κ3) is 6.24. The average Bonchev–Trinajstić information content (AvgIpc) is 3.40. The van der Waals surface area contributed by atoms with Crippen LogP contribution in [-0.4, -0.2) is 15.0 Å². The zero-order valence-corrected chi connectivity index (χ0v) is 35.9. The molecule has 0 amide bonds. The van der Waals surface area contributed by atoms with Gasteiger partial charge in [-0.05, 0) is 84.0 Å². The van der Waals surface area contributed by atoms with E-state index in [1.165, 1.54) is 37.7 Å². The second-order valence-corrected chi connectivity index (χ2v) is 17.1. The van der Waals surface area contributed by atoms with Crippen molar-refractivity contribution in [2.24, 2.45) is 0 Å². The van der Waals surface area contributed by atoms with Gasteiger partial charge in [-0.15, -0.1) is 0 Å². The van der Waals surface area contributed by atoms with E-state index in [4.69, 9.17) is 15.0 Å². The van der Waals surface area contributed by atoms with Gasteiger partial charge in [-0.2, -0.15) is 0 Å². The lowest BCUT2D eigenvalue weighted by molar-refractivity contribution is 1.19. The van der Waals surface area contributed by atoms with E-state index in [0.29, 0.717) is 5.82 Å². The van der Waals surface area contributed by atoms with Crippen LogP contribution < -0.4 is 0 Å². The molecule has 0 spiro atoms. The molecule has 0 unspecified atom stereocenters. The molecule has 0 atom stereocenters. The Kier molecular flexibility index (Phi) is 8.85. The molecular weight excluding hydrogens is 799 g/mol. The van der Waals surface area contributed by atoms with Gasteiger partial charge in [0.25, 0.3) is 0 Å². The summed E-state index contributed by atoms with van der Waals surface area (Å²) in [6, 6.07) is 84.6. The van der Waals surface area contributed by atoms with E-state index in [1.807, 2.05) is 0 Å². The summed E-state index contributed by atoms with van der Waals surface area (Å²) in [5.41, 5.74) is 12.2. The standard InChI is InChI=1S/C63H39N3/c1-3-18-43(19-4-1)61-58(62(44-20-5-2-6-21-44)66-63(65-61)55-38-46-23-9-10-24-48(46)49-25-11-12-26-50(49)55)42-34-32-41(33-35-42)54-39-56-59(52-28-14-13-27-51(52)54)53-29-15-16-30-57(53)64-60(56)47-36-31-40-17-7-8-22-45(40)37-47/h1-39H. The molecule has 2 heterocycles. The molecule has 3 heteroatoms. The summed E-state index contributed by atoms with van der Waals surface area (Å²) in [5, 5.41) is 13.0. The Balaban J connectivity index is 1.04. The van der Waals surface area contributed by atoms with Crippen molar-refractivity contribution in [3.63, 3.8) is 0 Å². The molecule has 2 aromatic heterocycles. The Labute approximate surface area is 382 Å². The number of hydrogen-bond donors (Lipinski definition) is 0. The normalized spacial score (nSPS) is 11.6. The topological polar surface area (TPSA) is 38.7 Å². The molecule has 0 radical (unpaired) electrons. The molecule has 13 aromatic rings. The summed E-state index contributed by atoms with van der Waals surface area (Å²) in [6.07, 6.45) is 0. The van der Waals surface area contributed by atoms with Crippen LogP contribution >= 0.6 is 0 Å². The molecule has 0 bridgehead atoms. The maximum atomic E-state index is 5.55. The maximum Gasteiger partial charge on any atom is 0.161 e. The lowest BCUT2D eigenvalue weighted by Crippen LogP contribution is -2.01. The van der Waals surface area contributed by atoms with Gasteiger partial charge in [0.05, 0.1) is 22.6 Å². The fourth-order valence-corrected chi connectivity index (χ4v) is 10.1. The second-order valence-electron chi connectivity index (χ2n) is 17.1. The van der Waals surface area contributed by atoms with E-state index in [9.17, 15) is 0 Å². The highest BCUT2D eigenvalue weighted by atomic mass is 14.9. The number of hydrogen-bond acceptors (Lipinski definition) is 3. The van der Waals surface area contributed by atoms with Gasteiger partial charge >= 0.3 is 0 Å². The van der Waals surface area contributed by atoms with Crippen molar-refractivity contribution in [1.29, 1.82) is 0 Å². The van der Waals surface area contributed by atoms with E-state index in [1.54, 1.807) is 0 Å². The maximum absolute atomic E-state index is 5.55. The molecule has 306 valence electrons. The van der Waals surface area contributed by atoms with E-state index in [0.717, 1.165) is 88.7 Å². The predicted molar refractivity (Wildman–Crippen MR) is 277 cm³/mol. The summed E-state index contributed by atoms with van der Waals surface area (Å²) in [5.74, 6) is 0.695. The van der Waals surface area contributed by atoms with E-state index < -0.39 is 0 Å². The molecule has 0 saturated heterocycles. The lowest BCUT2D eigenvalue weighted by Gasteiger charge is -2.19. The number of fused-ring (bicyclic) bond motifs is 9. The van der Waals surface area contributed by atoms with Crippen LogP contribution in [0, 0.1) is 0 Å². The van der Waals surface area contributed by atoms with Gasteiger partial charge < -0.3 is 0 Å².